The van der Waals surface area contributed by atoms with Crippen molar-refractivity contribution in [2.45, 2.75) is 19.3 Å². The van der Waals surface area contributed by atoms with Crippen molar-refractivity contribution < 1.29 is 31.5 Å². The van der Waals surface area contributed by atoms with Gasteiger partial charge in [-0.2, -0.15) is 0 Å². The van der Waals surface area contributed by atoms with Crippen molar-refractivity contribution >= 4 is 5.91 Å². The van der Waals surface area contributed by atoms with Crippen LogP contribution >= 0.6 is 0 Å². The van der Waals surface area contributed by atoms with E-state index in [1.807, 2.05) is 0 Å². The Hall–Kier alpha value is -2.64. The Morgan fingerprint density at radius 3 is 2.21 bits per heavy atom. The summed E-state index contributed by atoms with van der Waals surface area (Å²) >= 11 is 0. The zero-order valence-electron chi connectivity index (χ0n) is 12.3. The lowest BCUT2D eigenvalue weighted by molar-refractivity contribution is -0.274. The van der Waals surface area contributed by atoms with Gasteiger partial charge in [-0.15, -0.1) is 13.2 Å². The van der Waals surface area contributed by atoms with Gasteiger partial charge in [0.1, 0.15) is 5.75 Å². The molecule has 0 fully saturated rings. The largest absolute Gasteiger partial charge is 0.573 e. The first-order valence-electron chi connectivity index (χ1n) is 6.77. The highest BCUT2D eigenvalue weighted by molar-refractivity contribution is 5.94. The molecule has 0 saturated carbocycles. The van der Waals surface area contributed by atoms with Crippen LogP contribution in [0.2, 0.25) is 0 Å². The van der Waals surface area contributed by atoms with Crippen LogP contribution < -0.4 is 10.1 Å². The lowest BCUT2D eigenvalue weighted by atomic mass is 10.1. The summed E-state index contributed by atoms with van der Waals surface area (Å²) in [6.07, 6.45) is -4.81. The summed E-state index contributed by atoms with van der Waals surface area (Å²) in [5.41, 5.74) is 0.443. The van der Waals surface area contributed by atoms with E-state index in [1.165, 1.54) is 6.07 Å². The van der Waals surface area contributed by atoms with E-state index >= 15 is 0 Å². The molecule has 0 spiro atoms. The molecular formula is C16H12F5NO2. The van der Waals surface area contributed by atoms with Crippen LogP contribution in [0.4, 0.5) is 22.0 Å². The zero-order chi connectivity index (χ0) is 17.9. The monoisotopic (exact) mass is 345 g/mol. The number of hydrogen-bond donors (Lipinski definition) is 1. The fourth-order valence-electron chi connectivity index (χ4n) is 1.95. The molecule has 0 aliphatic carbocycles. The predicted molar refractivity (Wildman–Crippen MR) is 75.4 cm³/mol. The van der Waals surface area contributed by atoms with Crippen LogP contribution in [0, 0.1) is 11.6 Å². The van der Waals surface area contributed by atoms with Gasteiger partial charge >= 0.3 is 6.36 Å². The van der Waals surface area contributed by atoms with Gasteiger partial charge in [0, 0.05) is 5.56 Å². The van der Waals surface area contributed by atoms with E-state index in [1.54, 1.807) is 6.92 Å². The summed E-state index contributed by atoms with van der Waals surface area (Å²) in [5.74, 6) is -3.07. The normalized spacial score (nSPS) is 12.6. The molecule has 2 aromatic rings. The maximum atomic E-state index is 13.2. The van der Waals surface area contributed by atoms with Crippen LogP contribution in [0.1, 0.15) is 28.9 Å². The number of ether oxygens (including phenoxy) is 1. The fourth-order valence-corrected chi connectivity index (χ4v) is 1.95. The predicted octanol–water partition coefficient (Wildman–Crippen LogP) is 4.35. The van der Waals surface area contributed by atoms with Crippen molar-refractivity contribution in [2.24, 2.45) is 0 Å². The number of halogens is 5. The molecule has 1 atom stereocenters. The number of alkyl halides is 3. The molecule has 1 unspecified atom stereocenters. The Labute approximate surface area is 134 Å². The molecule has 0 aromatic heterocycles. The van der Waals surface area contributed by atoms with Gasteiger partial charge in [0.25, 0.3) is 5.91 Å². The summed E-state index contributed by atoms with van der Waals surface area (Å²) in [7, 11) is 0. The van der Waals surface area contributed by atoms with Crippen LogP contribution in [0.3, 0.4) is 0 Å². The Morgan fingerprint density at radius 2 is 1.67 bits per heavy atom. The van der Waals surface area contributed by atoms with E-state index in [4.69, 9.17) is 0 Å². The summed E-state index contributed by atoms with van der Waals surface area (Å²) in [5, 5.41) is 2.54. The first-order chi connectivity index (χ1) is 11.2. The van der Waals surface area contributed by atoms with Crippen LogP contribution in [-0.4, -0.2) is 12.3 Å². The van der Waals surface area contributed by atoms with Gasteiger partial charge in [-0.3, -0.25) is 4.79 Å². The molecular weight excluding hydrogens is 333 g/mol. The van der Waals surface area contributed by atoms with Crippen molar-refractivity contribution in [2.75, 3.05) is 0 Å². The average Bonchev–Trinajstić information content (AvgIpc) is 2.49. The number of carbonyl (C=O) groups is 1. The fraction of sp³-hybridized carbons (Fsp3) is 0.188. The smallest absolute Gasteiger partial charge is 0.406 e. The number of amides is 1. The van der Waals surface area contributed by atoms with Crippen LogP contribution in [0.25, 0.3) is 0 Å². The lowest BCUT2D eigenvalue weighted by Gasteiger charge is -2.15. The molecule has 3 nitrogen and oxygen atoms in total. The van der Waals surface area contributed by atoms with Crippen molar-refractivity contribution in [3.05, 3.63) is 65.2 Å². The Bertz CT molecular complexity index is 728. The van der Waals surface area contributed by atoms with E-state index in [0.29, 0.717) is 5.56 Å². The SMILES string of the molecule is CC(NC(=O)c1ccc(OC(F)(F)F)cc1)c1ccc(F)c(F)c1. The highest BCUT2D eigenvalue weighted by atomic mass is 19.4. The van der Waals surface area contributed by atoms with Gasteiger partial charge < -0.3 is 10.1 Å². The van der Waals surface area contributed by atoms with E-state index in [-0.39, 0.29) is 5.56 Å². The molecule has 0 radical (unpaired) electrons. The molecule has 128 valence electrons. The molecule has 2 aromatic carbocycles. The molecule has 0 bridgehead atoms. The second-order valence-corrected chi connectivity index (χ2v) is 4.94. The van der Waals surface area contributed by atoms with E-state index in [2.05, 4.69) is 10.1 Å². The minimum Gasteiger partial charge on any atom is -0.406 e. The van der Waals surface area contributed by atoms with E-state index < -0.39 is 35.7 Å². The summed E-state index contributed by atoms with van der Waals surface area (Å²) in [6, 6.07) is 6.93. The minimum absolute atomic E-state index is 0.0963. The average molecular weight is 345 g/mol. The summed E-state index contributed by atoms with van der Waals surface area (Å²) in [6.45, 7) is 1.56. The maximum absolute atomic E-state index is 13.2. The highest BCUT2D eigenvalue weighted by Crippen LogP contribution is 2.23. The topological polar surface area (TPSA) is 38.3 Å². The van der Waals surface area contributed by atoms with Gasteiger partial charge in [-0.05, 0) is 48.9 Å². The Kier molecular flexibility index (Phi) is 5.06. The van der Waals surface area contributed by atoms with E-state index in [0.717, 1.165) is 36.4 Å². The standard InChI is InChI=1S/C16H12F5NO2/c1-9(11-4-7-13(17)14(18)8-11)22-15(23)10-2-5-12(6-3-10)24-16(19,20)21/h2-9H,1H3,(H,22,23). The number of rotatable bonds is 4. The molecule has 24 heavy (non-hydrogen) atoms. The molecule has 0 aliphatic heterocycles. The highest BCUT2D eigenvalue weighted by Gasteiger charge is 2.31. The van der Waals surface area contributed by atoms with Crippen molar-refractivity contribution in [1.82, 2.24) is 5.32 Å². The first kappa shape index (κ1) is 17.7. The lowest BCUT2D eigenvalue weighted by Crippen LogP contribution is -2.26. The maximum Gasteiger partial charge on any atom is 0.573 e. The summed E-state index contributed by atoms with van der Waals surface area (Å²) in [4.78, 5) is 12.0. The molecule has 8 heteroatoms. The van der Waals surface area contributed by atoms with Crippen molar-refractivity contribution in [1.29, 1.82) is 0 Å². The number of nitrogens with one attached hydrogen (secondary N) is 1. The molecule has 0 saturated heterocycles. The number of carbonyl (C=O) groups excluding carboxylic acids is 1. The van der Waals surface area contributed by atoms with Crippen LogP contribution in [-0.2, 0) is 0 Å². The molecule has 0 heterocycles. The quantitative estimate of drug-likeness (QED) is 0.837. The Balaban J connectivity index is 2.04. The Morgan fingerprint density at radius 1 is 1.04 bits per heavy atom. The van der Waals surface area contributed by atoms with E-state index in [9.17, 15) is 26.7 Å². The summed E-state index contributed by atoms with van der Waals surface area (Å²) < 4.78 is 66.0. The van der Waals surface area contributed by atoms with Crippen molar-refractivity contribution in [3.8, 4) is 5.75 Å². The zero-order valence-corrected chi connectivity index (χ0v) is 12.3. The van der Waals surface area contributed by atoms with Gasteiger partial charge in [-0.25, -0.2) is 8.78 Å². The third kappa shape index (κ3) is 4.68. The number of benzene rings is 2. The third-order valence-corrected chi connectivity index (χ3v) is 3.14. The third-order valence-electron chi connectivity index (χ3n) is 3.14. The van der Waals surface area contributed by atoms with Crippen LogP contribution in [0.15, 0.2) is 42.5 Å². The number of hydrogen-bond acceptors (Lipinski definition) is 2. The van der Waals surface area contributed by atoms with Crippen LogP contribution in [0.5, 0.6) is 5.75 Å². The minimum atomic E-state index is -4.81. The second kappa shape index (κ2) is 6.86. The van der Waals surface area contributed by atoms with Gasteiger partial charge in [0.15, 0.2) is 11.6 Å². The molecule has 1 N–H and O–H groups in total. The van der Waals surface area contributed by atoms with Gasteiger partial charge in [0.05, 0.1) is 6.04 Å². The van der Waals surface area contributed by atoms with Gasteiger partial charge in [-0.1, -0.05) is 6.07 Å². The van der Waals surface area contributed by atoms with Crippen molar-refractivity contribution in [3.63, 3.8) is 0 Å². The molecule has 2 rings (SSSR count). The molecule has 0 aliphatic rings. The second-order valence-electron chi connectivity index (χ2n) is 4.94. The first-order valence-corrected chi connectivity index (χ1v) is 6.77. The van der Waals surface area contributed by atoms with Gasteiger partial charge in [0.2, 0.25) is 0 Å². The molecule has 1 amide bonds.